The molecule has 2 atom stereocenters. The van der Waals surface area contributed by atoms with E-state index in [2.05, 4.69) is 35.4 Å². The van der Waals surface area contributed by atoms with Crippen LogP contribution in [0.5, 0.6) is 0 Å². The van der Waals surface area contributed by atoms with E-state index < -0.39 is 5.25 Å². The SMILES string of the molecule is CC[C@H](C)c1ccccc1NC(=O)[C@H](C)Sc1nnc(-c2cccc(Cl)c2)o1. The predicted octanol–water partition coefficient (Wildman–Crippen LogP) is 6.02. The van der Waals surface area contributed by atoms with Crippen molar-refractivity contribution in [3.05, 3.63) is 59.1 Å². The molecular formula is C21H22ClN3O2S. The molecule has 2 aromatic carbocycles. The van der Waals surface area contributed by atoms with E-state index in [0.29, 0.717) is 22.1 Å². The van der Waals surface area contributed by atoms with Crippen molar-refractivity contribution in [2.75, 3.05) is 5.32 Å². The largest absolute Gasteiger partial charge is 0.411 e. The van der Waals surface area contributed by atoms with Gasteiger partial charge in [0.15, 0.2) is 0 Å². The summed E-state index contributed by atoms with van der Waals surface area (Å²) >= 11 is 7.23. The van der Waals surface area contributed by atoms with Gasteiger partial charge in [0.25, 0.3) is 5.22 Å². The monoisotopic (exact) mass is 415 g/mol. The lowest BCUT2D eigenvalue weighted by Gasteiger charge is -2.17. The Balaban J connectivity index is 1.67. The number of anilines is 1. The van der Waals surface area contributed by atoms with Gasteiger partial charge in [-0.1, -0.05) is 61.5 Å². The number of carbonyl (C=O) groups excluding carboxylic acids is 1. The summed E-state index contributed by atoms with van der Waals surface area (Å²) in [7, 11) is 0. The maximum atomic E-state index is 12.7. The summed E-state index contributed by atoms with van der Waals surface area (Å²) in [5.74, 6) is 0.638. The number of thioether (sulfide) groups is 1. The zero-order valence-corrected chi connectivity index (χ0v) is 17.6. The molecule has 0 aliphatic carbocycles. The van der Waals surface area contributed by atoms with Gasteiger partial charge < -0.3 is 9.73 Å². The Labute approximate surface area is 173 Å². The van der Waals surface area contributed by atoms with Gasteiger partial charge in [-0.05, 0) is 49.1 Å². The van der Waals surface area contributed by atoms with Crippen molar-refractivity contribution in [3.8, 4) is 11.5 Å². The molecule has 0 fully saturated rings. The van der Waals surface area contributed by atoms with Gasteiger partial charge >= 0.3 is 0 Å². The molecule has 3 aromatic rings. The third kappa shape index (κ3) is 4.94. The standard InChI is InChI=1S/C21H22ClN3O2S/c1-4-13(2)17-10-5-6-11-18(17)23-19(26)14(3)28-21-25-24-20(27-21)15-8-7-9-16(22)12-15/h5-14H,4H2,1-3H3,(H,23,26)/t13-,14-/m0/s1. The molecule has 0 spiro atoms. The van der Waals surface area contributed by atoms with E-state index in [4.69, 9.17) is 16.0 Å². The Morgan fingerprint density at radius 1 is 1.18 bits per heavy atom. The Kier molecular flexibility index (Phi) is 6.75. The van der Waals surface area contributed by atoms with Crippen LogP contribution in [0.4, 0.5) is 5.69 Å². The lowest BCUT2D eigenvalue weighted by molar-refractivity contribution is -0.115. The topological polar surface area (TPSA) is 68.0 Å². The molecule has 5 nitrogen and oxygen atoms in total. The van der Waals surface area contributed by atoms with Crippen LogP contribution in [0.2, 0.25) is 5.02 Å². The van der Waals surface area contributed by atoms with Crippen molar-refractivity contribution in [2.24, 2.45) is 0 Å². The van der Waals surface area contributed by atoms with Crippen molar-refractivity contribution >= 4 is 35.0 Å². The molecule has 1 N–H and O–H groups in total. The quantitative estimate of drug-likeness (QED) is 0.477. The van der Waals surface area contributed by atoms with E-state index in [9.17, 15) is 4.79 Å². The maximum Gasteiger partial charge on any atom is 0.277 e. The van der Waals surface area contributed by atoms with Gasteiger partial charge in [-0.15, -0.1) is 10.2 Å². The minimum Gasteiger partial charge on any atom is -0.411 e. The zero-order chi connectivity index (χ0) is 20.1. The van der Waals surface area contributed by atoms with Crippen molar-refractivity contribution in [1.82, 2.24) is 10.2 Å². The first kappa shape index (κ1) is 20.4. The Morgan fingerprint density at radius 3 is 2.71 bits per heavy atom. The average molecular weight is 416 g/mol. The van der Waals surface area contributed by atoms with Crippen LogP contribution < -0.4 is 5.32 Å². The highest BCUT2D eigenvalue weighted by molar-refractivity contribution is 8.00. The lowest BCUT2D eigenvalue weighted by atomic mass is 9.97. The predicted molar refractivity (Wildman–Crippen MR) is 114 cm³/mol. The van der Waals surface area contributed by atoms with E-state index >= 15 is 0 Å². The van der Waals surface area contributed by atoms with Gasteiger partial charge in [0.1, 0.15) is 0 Å². The first-order valence-corrected chi connectivity index (χ1v) is 10.4. The Hall–Kier alpha value is -2.31. The van der Waals surface area contributed by atoms with E-state index in [-0.39, 0.29) is 5.91 Å². The van der Waals surface area contributed by atoms with Crippen LogP contribution in [0.1, 0.15) is 38.7 Å². The van der Waals surface area contributed by atoms with Crippen LogP contribution in [-0.4, -0.2) is 21.4 Å². The number of hydrogen-bond acceptors (Lipinski definition) is 5. The number of aromatic nitrogens is 2. The highest BCUT2D eigenvalue weighted by atomic mass is 35.5. The third-order valence-corrected chi connectivity index (χ3v) is 5.66. The summed E-state index contributed by atoms with van der Waals surface area (Å²) in [6.45, 7) is 6.10. The van der Waals surface area contributed by atoms with Crippen LogP contribution in [0, 0.1) is 0 Å². The normalized spacial score (nSPS) is 13.1. The van der Waals surface area contributed by atoms with E-state index in [1.807, 2.05) is 37.3 Å². The van der Waals surface area contributed by atoms with Gasteiger partial charge in [0.05, 0.1) is 5.25 Å². The summed E-state index contributed by atoms with van der Waals surface area (Å²) in [5, 5.41) is 11.6. The third-order valence-electron chi connectivity index (χ3n) is 4.49. The fourth-order valence-electron chi connectivity index (χ4n) is 2.70. The lowest BCUT2D eigenvalue weighted by Crippen LogP contribution is -2.23. The van der Waals surface area contributed by atoms with Crippen LogP contribution in [-0.2, 0) is 4.79 Å². The molecule has 7 heteroatoms. The number of benzene rings is 2. The van der Waals surface area contributed by atoms with Crippen LogP contribution in [0.3, 0.4) is 0 Å². The molecule has 0 unspecified atom stereocenters. The van der Waals surface area contributed by atoms with Gasteiger partial charge in [-0.25, -0.2) is 0 Å². The summed E-state index contributed by atoms with van der Waals surface area (Å²) in [6.07, 6.45) is 1.01. The highest BCUT2D eigenvalue weighted by Gasteiger charge is 2.20. The first-order valence-electron chi connectivity index (χ1n) is 9.13. The van der Waals surface area contributed by atoms with Crippen LogP contribution in [0.25, 0.3) is 11.5 Å². The molecular weight excluding hydrogens is 394 g/mol. The summed E-state index contributed by atoms with van der Waals surface area (Å²) in [6, 6.07) is 15.1. The molecule has 1 aromatic heterocycles. The highest BCUT2D eigenvalue weighted by Crippen LogP contribution is 2.30. The number of amides is 1. The number of rotatable bonds is 7. The molecule has 0 saturated heterocycles. The first-order chi connectivity index (χ1) is 13.5. The Bertz CT molecular complexity index is 960. The summed E-state index contributed by atoms with van der Waals surface area (Å²) in [4.78, 5) is 12.7. The minimum absolute atomic E-state index is 0.108. The second-order valence-corrected chi connectivity index (χ2v) is 8.26. The summed E-state index contributed by atoms with van der Waals surface area (Å²) in [5.41, 5.74) is 2.72. The Morgan fingerprint density at radius 2 is 1.96 bits per heavy atom. The van der Waals surface area contributed by atoms with Crippen molar-refractivity contribution < 1.29 is 9.21 Å². The van der Waals surface area contributed by atoms with Gasteiger partial charge in [0.2, 0.25) is 11.8 Å². The molecule has 0 bridgehead atoms. The number of nitrogens with zero attached hydrogens (tertiary/aromatic N) is 2. The molecule has 1 heterocycles. The van der Waals surface area contributed by atoms with Crippen LogP contribution in [0.15, 0.2) is 58.2 Å². The van der Waals surface area contributed by atoms with Crippen LogP contribution >= 0.6 is 23.4 Å². The molecule has 1 amide bonds. The summed E-state index contributed by atoms with van der Waals surface area (Å²) < 4.78 is 5.68. The number of nitrogens with one attached hydrogen (secondary N) is 1. The molecule has 3 rings (SSSR count). The van der Waals surface area contributed by atoms with E-state index in [1.54, 1.807) is 12.1 Å². The zero-order valence-electron chi connectivity index (χ0n) is 16.0. The maximum absolute atomic E-state index is 12.7. The molecule has 0 radical (unpaired) electrons. The smallest absolute Gasteiger partial charge is 0.277 e. The number of carbonyl (C=O) groups is 1. The van der Waals surface area contributed by atoms with Gasteiger partial charge in [-0.3, -0.25) is 4.79 Å². The van der Waals surface area contributed by atoms with E-state index in [1.165, 1.54) is 11.8 Å². The fourth-order valence-corrected chi connectivity index (χ4v) is 3.57. The molecule has 28 heavy (non-hydrogen) atoms. The van der Waals surface area contributed by atoms with Crippen molar-refractivity contribution in [2.45, 2.75) is 43.6 Å². The van der Waals surface area contributed by atoms with Gasteiger partial charge in [0, 0.05) is 16.3 Å². The average Bonchev–Trinajstić information content (AvgIpc) is 3.16. The number of halogens is 1. The van der Waals surface area contributed by atoms with Crippen molar-refractivity contribution in [1.29, 1.82) is 0 Å². The van der Waals surface area contributed by atoms with E-state index in [0.717, 1.165) is 23.2 Å². The minimum atomic E-state index is -0.391. The van der Waals surface area contributed by atoms with Gasteiger partial charge in [-0.2, -0.15) is 0 Å². The second kappa shape index (κ2) is 9.26. The molecule has 0 aliphatic heterocycles. The fraction of sp³-hybridized carbons (Fsp3) is 0.286. The molecule has 146 valence electrons. The number of hydrogen-bond donors (Lipinski definition) is 1. The molecule has 0 saturated carbocycles. The number of para-hydroxylation sites is 1. The van der Waals surface area contributed by atoms with Crippen molar-refractivity contribution in [3.63, 3.8) is 0 Å². The second-order valence-electron chi connectivity index (χ2n) is 6.53. The molecule has 0 aliphatic rings.